The molecule has 2 aromatic rings. The second-order valence-electron chi connectivity index (χ2n) is 5.92. The first-order valence-electron chi connectivity index (χ1n) is 7.84. The van der Waals surface area contributed by atoms with Crippen molar-refractivity contribution in [3.63, 3.8) is 0 Å². The zero-order chi connectivity index (χ0) is 15.4. The van der Waals surface area contributed by atoms with Crippen molar-refractivity contribution in [1.82, 2.24) is 9.88 Å². The van der Waals surface area contributed by atoms with Crippen LogP contribution in [0.4, 0.5) is 5.69 Å². The highest BCUT2D eigenvalue weighted by Gasteiger charge is 2.20. The van der Waals surface area contributed by atoms with Crippen molar-refractivity contribution in [2.24, 2.45) is 0 Å². The number of benzene rings is 1. The quantitative estimate of drug-likeness (QED) is 0.939. The summed E-state index contributed by atoms with van der Waals surface area (Å²) in [5, 5.41) is 10.3. The maximum atomic E-state index is 10.3. The number of β-amino-alcohol motifs (C(OH)–C–C–N with tert-alkyl or cyclic N) is 1. The normalized spacial score (nSPS) is 17.5. The fraction of sp³-hybridized carbons (Fsp3) is 0.389. The van der Waals surface area contributed by atoms with Crippen molar-refractivity contribution < 1.29 is 5.11 Å². The van der Waals surface area contributed by atoms with Crippen LogP contribution < -0.4 is 4.90 Å². The first kappa shape index (κ1) is 15.0. The van der Waals surface area contributed by atoms with Gasteiger partial charge in [-0.15, -0.1) is 0 Å². The summed E-state index contributed by atoms with van der Waals surface area (Å²) < 4.78 is 0. The molecule has 1 unspecified atom stereocenters. The van der Waals surface area contributed by atoms with E-state index in [4.69, 9.17) is 0 Å². The van der Waals surface area contributed by atoms with E-state index < -0.39 is 6.10 Å². The van der Waals surface area contributed by atoms with Gasteiger partial charge in [-0.1, -0.05) is 12.1 Å². The van der Waals surface area contributed by atoms with Gasteiger partial charge < -0.3 is 10.0 Å². The van der Waals surface area contributed by atoms with Crippen LogP contribution in [0.5, 0.6) is 0 Å². The van der Waals surface area contributed by atoms with Gasteiger partial charge >= 0.3 is 0 Å². The van der Waals surface area contributed by atoms with Gasteiger partial charge in [0.15, 0.2) is 0 Å². The number of rotatable bonds is 4. The van der Waals surface area contributed by atoms with Gasteiger partial charge in [-0.05, 0) is 42.3 Å². The maximum absolute atomic E-state index is 10.3. The molecule has 1 aromatic heterocycles. The number of nitrogens with zero attached hydrogens (tertiary/aromatic N) is 3. The molecule has 0 bridgehead atoms. The monoisotopic (exact) mass is 297 g/mol. The number of piperazine rings is 1. The van der Waals surface area contributed by atoms with Crippen LogP contribution in [-0.4, -0.2) is 47.7 Å². The Kier molecular flexibility index (Phi) is 4.71. The van der Waals surface area contributed by atoms with Crippen LogP contribution in [0, 0.1) is 6.92 Å². The lowest BCUT2D eigenvalue weighted by molar-refractivity contribution is 0.109. The van der Waals surface area contributed by atoms with Crippen molar-refractivity contribution in [2.75, 3.05) is 37.6 Å². The minimum Gasteiger partial charge on any atom is -0.387 e. The Labute approximate surface area is 132 Å². The largest absolute Gasteiger partial charge is 0.387 e. The molecule has 1 aliphatic rings. The molecule has 3 rings (SSSR count). The van der Waals surface area contributed by atoms with E-state index in [1.165, 1.54) is 11.3 Å². The summed E-state index contributed by atoms with van der Waals surface area (Å²) in [5.74, 6) is 0. The van der Waals surface area contributed by atoms with Crippen molar-refractivity contribution in [3.8, 4) is 0 Å². The average molecular weight is 297 g/mol. The van der Waals surface area contributed by atoms with Crippen molar-refractivity contribution in [1.29, 1.82) is 0 Å². The van der Waals surface area contributed by atoms with E-state index in [9.17, 15) is 5.11 Å². The Morgan fingerprint density at radius 1 is 1.09 bits per heavy atom. The smallest absolute Gasteiger partial charge is 0.0918 e. The van der Waals surface area contributed by atoms with Gasteiger partial charge in [-0.3, -0.25) is 9.88 Å². The highest BCUT2D eigenvalue weighted by molar-refractivity contribution is 5.48. The Bertz CT molecular complexity index is 594. The Hall–Kier alpha value is -1.91. The molecule has 22 heavy (non-hydrogen) atoms. The second-order valence-corrected chi connectivity index (χ2v) is 5.92. The highest BCUT2D eigenvalue weighted by atomic mass is 16.3. The molecule has 4 heteroatoms. The van der Waals surface area contributed by atoms with E-state index in [1.54, 1.807) is 12.4 Å². The lowest BCUT2D eigenvalue weighted by Gasteiger charge is -2.37. The molecule has 116 valence electrons. The molecule has 1 N–H and O–H groups in total. The first-order chi connectivity index (χ1) is 10.7. The van der Waals surface area contributed by atoms with Crippen molar-refractivity contribution in [3.05, 3.63) is 59.9 Å². The zero-order valence-electron chi connectivity index (χ0n) is 13.0. The number of aryl methyl sites for hydroxylation is 1. The summed E-state index contributed by atoms with van der Waals surface area (Å²) in [5.41, 5.74) is 3.54. The number of aromatic nitrogens is 1. The van der Waals surface area contributed by atoms with E-state index >= 15 is 0 Å². The topological polar surface area (TPSA) is 39.6 Å². The van der Waals surface area contributed by atoms with E-state index in [0.29, 0.717) is 6.54 Å². The van der Waals surface area contributed by atoms with Gasteiger partial charge in [0.25, 0.3) is 0 Å². The van der Waals surface area contributed by atoms with Crippen LogP contribution in [0.25, 0.3) is 0 Å². The van der Waals surface area contributed by atoms with Crippen LogP contribution in [0.2, 0.25) is 0 Å². The molecule has 0 aliphatic carbocycles. The highest BCUT2D eigenvalue weighted by Crippen LogP contribution is 2.19. The van der Waals surface area contributed by atoms with Gasteiger partial charge in [-0.25, -0.2) is 0 Å². The molecule has 0 saturated carbocycles. The van der Waals surface area contributed by atoms with Gasteiger partial charge in [0.1, 0.15) is 0 Å². The number of aliphatic hydroxyl groups is 1. The molecule has 0 amide bonds. The van der Waals surface area contributed by atoms with Gasteiger partial charge in [0.05, 0.1) is 6.10 Å². The summed E-state index contributed by atoms with van der Waals surface area (Å²) in [6.45, 7) is 6.79. The Morgan fingerprint density at radius 3 is 2.50 bits per heavy atom. The maximum Gasteiger partial charge on any atom is 0.0918 e. The molecule has 4 nitrogen and oxygen atoms in total. The lowest BCUT2D eigenvalue weighted by Crippen LogP contribution is -2.47. The molecular formula is C18H23N3O. The van der Waals surface area contributed by atoms with E-state index in [-0.39, 0.29) is 0 Å². The third kappa shape index (κ3) is 3.64. The van der Waals surface area contributed by atoms with Crippen LogP contribution in [0.3, 0.4) is 0 Å². The molecular weight excluding hydrogens is 274 g/mol. The fourth-order valence-corrected chi connectivity index (χ4v) is 2.95. The molecule has 1 saturated heterocycles. The Balaban J connectivity index is 1.54. The fourth-order valence-electron chi connectivity index (χ4n) is 2.95. The summed E-state index contributed by atoms with van der Waals surface area (Å²) in [4.78, 5) is 8.74. The SMILES string of the molecule is Cc1cccc(N2CCN(CC(O)c3ccncc3)CC2)c1. The summed E-state index contributed by atoms with van der Waals surface area (Å²) in [6.07, 6.45) is 3.02. The van der Waals surface area contributed by atoms with Crippen LogP contribution in [-0.2, 0) is 0 Å². The predicted octanol–water partition coefficient (Wildman–Crippen LogP) is 2.25. The molecule has 1 fully saturated rings. The molecule has 0 spiro atoms. The van der Waals surface area contributed by atoms with Crippen molar-refractivity contribution in [2.45, 2.75) is 13.0 Å². The van der Waals surface area contributed by atoms with Crippen LogP contribution in [0.15, 0.2) is 48.8 Å². The van der Waals surface area contributed by atoms with E-state index in [1.807, 2.05) is 12.1 Å². The van der Waals surface area contributed by atoms with Gasteiger partial charge in [0.2, 0.25) is 0 Å². The van der Waals surface area contributed by atoms with Crippen LogP contribution >= 0.6 is 0 Å². The molecule has 2 heterocycles. The average Bonchev–Trinajstić information content (AvgIpc) is 2.56. The molecule has 1 atom stereocenters. The number of aliphatic hydroxyl groups excluding tert-OH is 1. The summed E-state index contributed by atoms with van der Waals surface area (Å²) in [6, 6.07) is 12.4. The third-order valence-corrected chi connectivity index (χ3v) is 4.26. The summed E-state index contributed by atoms with van der Waals surface area (Å²) in [7, 11) is 0. The predicted molar refractivity (Wildman–Crippen MR) is 89.0 cm³/mol. The molecule has 0 radical (unpaired) electrons. The number of hydrogen-bond donors (Lipinski definition) is 1. The number of anilines is 1. The van der Waals surface area contributed by atoms with Gasteiger partial charge in [-0.2, -0.15) is 0 Å². The number of hydrogen-bond acceptors (Lipinski definition) is 4. The molecule has 1 aliphatic heterocycles. The summed E-state index contributed by atoms with van der Waals surface area (Å²) >= 11 is 0. The molecule has 1 aromatic carbocycles. The van der Waals surface area contributed by atoms with Gasteiger partial charge in [0, 0.05) is 50.8 Å². The minimum absolute atomic E-state index is 0.437. The lowest BCUT2D eigenvalue weighted by atomic mass is 10.1. The minimum atomic E-state index is -0.437. The standard InChI is InChI=1S/C18H23N3O/c1-15-3-2-4-17(13-15)21-11-9-20(10-12-21)14-18(22)16-5-7-19-8-6-16/h2-8,13,18,22H,9-12,14H2,1H3. The van der Waals surface area contributed by atoms with Crippen molar-refractivity contribution >= 4 is 5.69 Å². The number of pyridine rings is 1. The Morgan fingerprint density at radius 2 is 1.82 bits per heavy atom. The zero-order valence-corrected chi connectivity index (χ0v) is 13.0. The van der Waals surface area contributed by atoms with E-state index in [2.05, 4.69) is 46.0 Å². The second kappa shape index (κ2) is 6.90. The first-order valence-corrected chi connectivity index (χ1v) is 7.84. The van der Waals surface area contributed by atoms with E-state index in [0.717, 1.165) is 31.7 Å². The van der Waals surface area contributed by atoms with Crippen LogP contribution in [0.1, 0.15) is 17.2 Å². The third-order valence-electron chi connectivity index (χ3n) is 4.26.